The number of nitrogens with zero attached hydrogens (tertiary/aromatic N) is 2. The van der Waals surface area contributed by atoms with E-state index in [1.165, 1.54) is 0 Å². The fourth-order valence-electron chi connectivity index (χ4n) is 2.01. The molecule has 0 aliphatic rings. The average molecular weight is 373 g/mol. The number of carboxylic acid groups (broad SMARTS) is 1. The molecule has 2 N–H and O–H groups in total. The van der Waals surface area contributed by atoms with E-state index in [2.05, 4.69) is 26.2 Å². The highest BCUT2D eigenvalue weighted by molar-refractivity contribution is 9.10. The molecule has 1 atom stereocenters. The minimum absolute atomic E-state index is 0.573. The molecule has 7 heteroatoms. The van der Waals surface area contributed by atoms with E-state index in [9.17, 15) is 9.90 Å². The molecule has 0 spiro atoms. The molecule has 1 aromatic carbocycles. The number of aromatic nitrogens is 2. The molecule has 21 heavy (non-hydrogen) atoms. The van der Waals surface area contributed by atoms with Crippen molar-refractivity contribution in [1.29, 1.82) is 0 Å². The first-order valence-corrected chi connectivity index (χ1v) is 7.64. The fourth-order valence-corrected chi connectivity index (χ4v) is 2.51. The number of imidazole rings is 1. The van der Waals surface area contributed by atoms with Gasteiger partial charge in [0.2, 0.25) is 0 Å². The predicted octanol–water partition coefficient (Wildman–Crippen LogP) is 3.95. The van der Waals surface area contributed by atoms with Gasteiger partial charge in [0.05, 0.1) is 23.2 Å². The van der Waals surface area contributed by atoms with Gasteiger partial charge in [-0.05, 0) is 40.5 Å². The summed E-state index contributed by atoms with van der Waals surface area (Å²) < 4.78 is 2.55. The third-order valence-corrected chi connectivity index (χ3v) is 4.20. The lowest BCUT2D eigenvalue weighted by atomic mass is 10.2. The van der Waals surface area contributed by atoms with Crippen molar-refractivity contribution in [1.82, 2.24) is 9.55 Å². The smallest absolute Gasteiger partial charge is 0.332 e. The molecule has 0 amide bonds. The van der Waals surface area contributed by atoms with Crippen LogP contribution in [0.1, 0.15) is 25.1 Å². The van der Waals surface area contributed by atoms with Gasteiger partial charge in [0.15, 0.2) is 6.04 Å². The van der Waals surface area contributed by atoms with E-state index in [4.69, 9.17) is 11.6 Å². The van der Waals surface area contributed by atoms with Gasteiger partial charge in [0.25, 0.3) is 0 Å². The molecule has 1 unspecified atom stereocenters. The number of hydrogen-bond acceptors (Lipinski definition) is 3. The molecule has 0 saturated heterocycles. The van der Waals surface area contributed by atoms with E-state index < -0.39 is 12.0 Å². The fraction of sp³-hybridized carbons (Fsp3) is 0.286. The van der Waals surface area contributed by atoms with Crippen LogP contribution in [0.15, 0.2) is 35.2 Å². The number of halogens is 2. The zero-order chi connectivity index (χ0) is 15.4. The lowest BCUT2D eigenvalue weighted by Crippen LogP contribution is -2.23. The predicted molar refractivity (Wildman–Crippen MR) is 85.7 cm³/mol. The van der Waals surface area contributed by atoms with Crippen molar-refractivity contribution in [2.45, 2.75) is 25.9 Å². The molecule has 1 aromatic heterocycles. The summed E-state index contributed by atoms with van der Waals surface area (Å²) >= 11 is 9.26. The maximum atomic E-state index is 11.6. The van der Waals surface area contributed by atoms with Gasteiger partial charge in [-0.25, -0.2) is 9.78 Å². The lowest BCUT2D eigenvalue weighted by Gasteiger charge is -2.18. The van der Waals surface area contributed by atoms with Crippen LogP contribution in [-0.4, -0.2) is 20.6 Å². The number of aryl methyl sites for hydroxylation is 1. The number of nitrogens with one attached hydrogen (secondary N) is 1. The number of aliphatic carboxylic acids is 1. The number of benzene rings is 1. The monoisotopic (exact) mass is 371 g/mol. The number of carboxylic acids is 1. The van der Waals surface area contributed by atoms with Crippen LogP contribution in [0, 0.1) is 0 Å². The van der Waals surface area contributed by atoms with E-state index in [1.807, 2.05) is 11.5 Å². The summed E-state index contributed by atoms with van der Waals surface area (Å²) in [5.74, 6) is -0.959. The van der Waals surface area contributed by atoms with Gasteiger partial charge in [-0.1, -0.05) is 18.5 Å². The summed E-state index contributed by atoms with van der Waals surface area (Å²) in [6.45, 7) is 2.76. The second-order valence-corrected chi connectivity index (χ2v) is 5.82. The summed E-state index contributed by atoms with van der Waals surface area (Å²) in [6.07, 6.45) is 4.13. The van der Waals surface area contributed by atoms with Crippen LogP contribution in [0.3, 0.4) is 0 Å². The number of anilines is 1. The van der Waals surface area contributed by atoms with Gasteiger partial charge < -0.3 is 15.0 Å². The molecule has 2 rings (SSSR count). The standard InChI is InChI=1S/C14H15BrClN3O2/c1-2-5-19-8-17-7-12(19)13(14(20)21)18-9-3-4-11(16)10(15)6-9/h3-4,6-8,13,18H,2,5H2,1H3,(H,20,21). The molecule has 0 aliphatic heterocycles. The van der Waals surface area contributed by atoms with Crippen LogP contribution in [0.4, 0.5) is 5.69 Å². The second-order valence-electron chi connectivity index (χ2n) is 4.56. The van der Waals surface area contributed by atoms with Gasteiger partial charge >= 0.3 is 5.97 Å². The SMILES string of the molecule is CCCn1cncc1C(Nc1ccc(Cl)c(Br)c1)C(=O)O. The van der Waals surface area contributed by atoms with Gasteiger partial charge in [-0.15, -0.1) is 0 Å². The van der Waals surface area contributed by atoms with Crippen LogP contribution >= 0.6 is 27.5 Å². The van der Waals surface area contributed by atoms with E-state index in [0.29, 0.717) is 20.9 Å². The quantitative estimate of drug-likeness (QED) is 0.806. The zero-order valence-electron chi connectivity index (χ0n) is 11.4. The molecular weight excluding hydrogens is 358 g/mol. The Hall–Kier alpha value is -1.53. The maximum Gasteiger partial charge on any atom is 0.332 e. The van der Waals surface area contributed by atoms with Crippen molar-refractivity contribution in [3.8, 4) is 0 Å². The maximum absolute atomic E-state index is 11.6. The number of rotatable bonds is 6. The molecule has 0 bridgehead atoms. The normalized spacial score (nSPS) is 12.1. The Morgan fingerprint density at radius 1 is 1.57 bits per heavy atom. The highest BCUT2D eigenvalue weighted by Crippen LogP contribution is 2.28. The number of carbonyl (C=O) groups is 1. The first-order valence-electron chi connectivity index (χ1n) is 6.47. The summed E-state index contributed by atoms with van der Waals surface area (Å²) in [7, 11) is 0. The topological polar surface area (TPSA) is 67.2 Å². The Bertz CT molecular complexity index is 645. The van der Waals surface area contributed by atoms with Gasteiger partial charge in [-0.2, -0.15) is 0 Å². The van der Waals surface area contributed by atoms with Crippen LogP contribution in [0.5, 0.6) is 0 Å². The molecule has 0 aliphatic carbocycles. The molecule has 5 nitrogen and oxygen atoms in total. The Morgan fingerprint density at radius 3 is 2.95 bits per heavy atom. The molecule has 2 aromatic rings. The van der Waals surface area contributed by atoms with Crippen LogP contribution in [0.25, 0.3) is 0 Å². The van der Waals surface area contributed by atoms with E-state index in [1.54, 1.807) is 30.7 Å². The van der Waals surface area contributed by atoms with Crippen molar-refractivity contribution in [2.75, 3.05) is 5.32 Å². The Kier molecular flexibility index (Phi) is 5.25. The molecule has 0 fully saturated rings. The van der Waals surface area contributed by atoms with Crippen LogP contribution in [0.2, 0.25) is 5.02 Å². The van der Waals surface area contributed by atoms with Crippen molar-refractivity contribution in [2.24, 2.45) is 0 Å². The van der Waals surface area contributed by atoms with Crippen LogP contribution < -0.4 is 5.32 Å². The molecular formula is C14H15BrClN3O2. The summed E-state index contributed by atoms with van der Waals surface area (Å²) in [4.78, 5) is 15.6. The van der Waals surface area contributed by atoms with Crippen molar-refractivity contribution in [3.05, 3.63) is 45.9 Å². The Balaban J connectivity index is 2.29. The van der Waals surface area contributed by atoms with E-state index in [-0.39, 0.29) is 0 Å². The highest BCUT2D eigenvalue weighted by atomic mass is 79.9. The van der Waals surface area contributed by atoms with E-state index in [0.717, 1.165) is 13.0 Å². The lowest BCUT2D eigenvalue weighted by molar-refractivity contribution is -0.138. The van der Waals surface area contributed by atoms with Gasteiger partial charge in [0, 0.05) is 16.7 Å². The minimum atomic E-state index is -0.959. The summed E-state index contributed by atoms with van der Waals surface area (Å²) in [6, 6.07) is 4.32. The highest BCUT2D eigenvalue weighted by Gasteiger charge is 2.23. The van der Waals surface area contributed by atoms with Gasteiger partial charge in [-0.3, -0.25) is 0 Å². The molecule has 0 radical (unpaired) electrons. The number of hydrogen-bond donors (Lipinski definition) is 2. The summed E-state index contributed by atoms with van der Waals surface area (Å²) in [5, 5.41) is 13.1. The second kappa shape index (κ2) is 6.95. The Labute approximate surface area is 136 Å². The third kappa shape index (κ3) is 3.77. The van der Waals surface area contributed by atoms with Crippen molar-refractivity contribution < 1.29 is 9.90 Å². The minimum Gasteiger partial charge on any atom is -0.479 e. The van der Waals surface area contributed by atoms with Crippen LogP contribution in [-0.2, 0) is 11.3 Å². The van der Waals surface area contributed by atoms with E-state index >= 15 is 0 Å². The molecule has 1 heterocycles. The third-order valence-electron chi connectivity index (χ3n) is 2.98. The average Bonchev–Trinajstić information content (AvgIpc) is 2.88. The first-order chi connectivity index (χ1) is 10.0. The first kappa shape index (κ1) is 15.9. The van der Waals surface area contributed by atoms with Gasteiger partial charge in [0.1, 0.15) is 0 Å². The van der Waals surface area contributed by atoms with Crippen molar-refractivity contribution >= 4 is 39.2 Å². The van der Waals surface area contributed by atoms with Crippen molar-refractivity contribution in [3.63, 3.8) is 0 Å². The Morgan fingerprint density at radius 2 is 2.33 bits per heavy atom. The largest absolute Gasteiger partial charge is 0.479 e. The zero-order valence-corrected chi connectivity index (χ0v) is 13.7. The molecule has 0 saturated carbocycles. The molecule has 112 valence electrons. The summed E-state index contributed by atoms with van der Waals surface area (Å²) in [5.41, 5.74) is 1.29.